The molecule has 0 saturated carbocycles. The Balaban J connectivity index is 3.16. The van der Waals surface area contributed by atoms with Gasteiger partial charge in [-0.05, 0) is 31.9 Å². The van der Waals surface area contributed by atoms with Crippen LogP contribution in [0.25, 0.3) is 0 Å². The van der Waals surface area contributed by atoms with Gasteiger partial charge in [-0.25, -0.2) is 4.98 Å². The van der Waals surface area contributed by atoms with Crippen molar-refractivity contribution in [3.63, 3.8) is 0 Å². The fourth-order valence-corrected chi connectivity index (χ4v) is 0.937. The first-order valence-corrected chi connectivity index (χ1v) is 3.63. The van der Waals surface area contributed by atoms with Crippen LogP contribution in [-0.4, -0.2) is 9.97 Å². The number of hydrogen-bond donors (Lipinski definition) is 1. The summed E-state index contributed by atoms with van der Waals surface area (Å²) in [6, 6.07) is 1.86. The summed E-state index contributed by atoms with van der Waals surface area (Å²) in [5, 5.41) is 8.29. The van der Waals surface area contributed by atoms with Crippen LogP contribution in [0.4, 0.5) is 0 Å². The second-order valence-corrected chi connectivity index (χ2v) is 2.85. The van der Waals surface area contributed by atoms with E-state index in [1.165, 1.54) is 0 Å². The molecule has 0 amide bonds. The largest absolute Gasteiger partial charge is 0.323 e. The molecule has 1 N–H and O–H groups in total. The van der Waals surface area contributed by atoms with Crippen molar-refractivity contribution in [2.45, 2.75) is 0 Å². The highest BCUT2D eigenvalue weighted by Crippen LogP contribution is 2.18. The Labute approximate surface area is 68.4 Å². The number of imidazole rings is 1. The molecule has 1 heterocycles. The molecular weight excluding hydrogens is 250 g/mol. The first-order valence-electron chi connectivity index (χ1n) is 2.05. The molecule has 1 aromatic heterocycles. The van der Waals surface area contributed by atoms with Crippen molar-refractivity contribution in [1.82, 2.24) is 9.97 Å². The summed E-state index contributed by atoms with van der Waals surface area (Å²) in [6.45, 7) is 0. The Morgan fingerprint density at radius 2 is 2.22 bits per heavy atom. The predicted molar refractivity (Wildman–Crippen MR) is 38.7 cm³/mol. The number of hydrogen-bond acceptors (Lipinski definition) is 2. The molecule has 0 atom stereocenters. The van der Waals surface area contributed by atoms with Crippen molar-refractivity contribution in [1.29, 1.82) is 5.26 Å². The average molecular weight is 251 g/mol. The highest BCUT2D eigenvalue weighted by Gasteiger charge is 2.01. The average Bonchev–Trinajstić information content (AvgIpc) is 2.13. The number of rotatable bonds is 0. The molecule has 0 radical (unpaired) electrons. The summed E-state index contributed by atoms with van der Waals surface area (Å²) in [7, 11) is 0. The second kappa shape index (κ2) is 2.50. The van der Waals surface area contributed by atoms with Gasteiger partial charge in [0.15, 0.2) is 0 Å². The van der Waals surface area contributed by atoms with Gasteiger partial charge in [-0.3, -0.25) is 0 Å². The van der Waals surface area contributed by atoms with Gasteiger partial charge in [0.25, 0.3) is 0 Å². The third-order valence-electron chi connectivity index (χ3n) is 0.725. The van der Waals surface area contributed by atoms with E-state index < -0.39 is 0 Å². The van der Waals surface area contributed by atoms with E-state index in [9.17, 15) is 0 Å². The molecule has 1 rings (SSSR count). The van der Waals surface area contributed by atoms with Gasteiger partial charge >= 0.3 is 0 Å². The molecule has 0 aliphatic carbocycles. The molecule has 0 fully saturated rings. The van der Waals surface area contributed by atoms with Gasteiger partial charge in [0, 0.05) is 0 Å². The standard InChI is InChI=1S/C4HBr2N3/c5-3-4(6)9-2(1-7)8-3/h(H,8,9). The van der Waals surface area contributed by atoms with Crippen molar-refractivity contribution in [2.75, 3.05) is 0 Å². The van der Waals surface area contributed by atoms with Crippen LogP contribution >= 0.6 is 31.9 Å². The van der Waals surface area contributed by atoms with E-state index in [-0.39, 0.29) is 0 Å². The summed E-state index contributed by atoms with van der Waals surface area (Å²) in [5.74, 6) is 0.300. The maximum atomic E-state index is 8.29. The summed E-state index contributed by atoms with van der Waals surface area (Å²) >= 11 is 6.26. The van der Waals surface area contributed by atoms with Crippen LogP contribution in [-0.2, 0) is 0 Å². The van der Waals surface area contributed by atoms with Crippen molar-refractivity contribution in [2.24, 2.45) is 0 Å². The van der Waals surface area contributed by atoms with E-state index in [4.69, 9.17) is 5.26 Å². The second-order valence-electron chi connectivity index (χ2n) is 1.30. The van der Waals surface area contributed by atoms with Crippen LogP contribution in [0, 0.1) is 11.3 Å². The van der Waals surface area contributed by atoms with Crippen LogP contribution in [0.2, 0.25) is 0 Å². The predicted octanol–water partition coefficient (Wildman–Crippen LogP) is 1.81. The van der Waals surface area contributed by atoms with E-state index in [0.717, 1.165) is 0 Å². The van der Waals surface area contributed by atoms with Crippen LogP contribution < -0.4 is 0 Å². The third-order valence-corrected chi connectivity index (χ3v) is 2.40. The van der Waals surface area contributed by atoms with Gasteiger partial charge in [-0.1, -0.05) is 0 Å². The summed E-state index contributed by atoms with van der Waals surface area (Å²) in [5.41, 5.74) is 0. The Kier molecular flexibility index (Phi) is 1.88. The molecule has 0 bridgehead atoms. The number of H-pyrrole nitrogens is 1. The number of nitriles is 1. The van der Waals surface area contributed by atoms with Crippen molar-refractivity contribution >= 4 is 31.9 Å². The highest BCUT2D eigenvalue weighted by atomic mass is 79.9. The number of aromatic nitrogens is 2. The molecule has 5 heteroatoms. The lowest BCUT2D eigenvalue weighted by atomic mass is 10.7. The molecule has 0 aliphatic heterocycles. The maximum Gasteiger partial charge on any atom is 0.212 e. The number of nitrogens with zero attached hydrogens (tertiary/aromatic N) is 2. The molecule has 0 saturated heterocycles. The molecule has 0 unspecified atom stereocenters. The lowest BCUT2D eigenvalue weighted by Gasteiger charge is -1.73. The van der Waals surface area contributed by atoms with Crippen molar-refractivity contribution in [3.8, 4) is 6.07 Å². The first-order chi connectivity index (χ1) is 4.24. The zero-order valence-corrected chi connectivity index (χ0v) is 7.32. The third kappa shape index (κ3) is 1.32. The zero-order valence-electron chi connectivity index (χ0n) is 4.15. The molecule has 1 aromatic rings. The quantitative estimate of drug-likeness (QED) is 0.764. The van der Waals surface area contributed by atoms with E-state index >= 15 is 0 Å². The summed E-state index contributed by atoms with van der Waals surface area (Å²) in [6.07, 6.45) is 0. The lowest BCUT2D eigenvalue weighted by molar-refractivity contribution is 1.21. The minimum Gasteiger partial charge on any atom is -0.323 e. The molecule has 0 spiro atoms. The molecule has 3 nitrogen and oxygen atoms in total. The minimum absolute atomic E-state index is 0.300. The molecule has 0 aliphatic rings. The fourth-order valence-electron chi connectivity index (χ4n) is 0.384. The molecule has 9 heavy (non-hydrogen) atoms. The van der Waals surface area contributed by atoms with Crippen molar-refractivity contribution in [3.05, 3.63) is 15.0 Å². The molecule has 0 aromatic carbocycles. The first kappa shape index (κ1) is 6.78. The monoisotopic (exact) mass is 249 g/mol. The Bertz CT molecular complexity index is 240. The van der Waals surface area contributed by atoms with Crippen LogP contribution in [0.3, 0.4) is 0 Å². The van der Waals surface area contributed by atoms with Gasteiger partial charge in [0.2, 0.25) is 5.82 Å². The summed E-state index contributed by atoms with van der Waals surface area (Å²) in [4.78, 5) is 6.47. The van der Waals surface area contributed by atoms with Crippen LogP contribution in [0.15, 0.2) is 9.21 Å². The number of aromatic amines is 1. The summed E-state index contributed by atoms with van der Waals surface area (Å²) < 4.78 is 1.32. The van der Waals surface area contributed by atoms with Gasteiger partial charge in [-0.15, -0.1) is 0 Å². The van der Waals surface area contributed by atoms with Gasteiger partial charge in [-0.2, -0.15) is 5.26 Å². The molecule has 46 valence electrons. The topological polar surface area (TPSA) is 52.5 Å². The van der Waals surface area contributed by atoms with Gasteiger partial charge in [0.05, 0.1) is 0 Å². The normalized spacial score (nSPS) is 9.00. The van der Waals surface area contributed by atoms with E-state index in [2.05, 4.69) is 41.8 Å². The number of halogens is 2. The maximum absolute atomic E-state index is 8.29. The van der Waals surface area contributed by atoms with Gasteiger partial charge in [0.1, 0.15) is 15.3 Å². The van der Waals surface area contributed by atoms with E-state index in [0.29, 0.717) is 15.0 Å². The fraction of sp³-hybridized carbons (Fsp3) is 0. The Morgan fingerprint density at radius 1 is 1.56 bits per heavy atom. The SMILES string of the molecule is N#Cc1nc(Br)c(Br)[nH]1. The smallest absolute Gasteiger partial charge is 0.212 e. The van der Waals surface area contributed by atoms with Crippen molar-refractivity contribution < 1.29 is 0 Å². The van der Waals surface area contributed by atoms with Crippen LogP contribution in [0.1, 0.15) is 5.82 Å². The minimum atomic E-state index is 0.300. The van der Waals surface area contributed by atoms with Gasteiger partial charge < -0.3 is 4.98 Å². The van der Waals surface area contributed by atoms with E-state index in [1.807, 2.05) is 6.07 Å². The molecular formula is C4HBr2N3. The Hall–Kier alpha value is -0.340. The highest BCUT2D eigenvalue weighted by molar-refractivity contribution is 9.13. The van der Waals surface area contributed by atoms with E-state index in [1.54, 1.807) is 0 Å². The zero-order chi connectivity index (χ0) is 6.85. The Morgan fingerprint density at radius 3 is 2.44 bits per heavy atom. The van der Waals surface area contributed by atoms with Crippen LogP contribution in [0.5, 0.6) is 0 Å². The number of nitrogens with one attached hydrogen (secondary N) is 1. The lowest BCUT2D eigenvalue weighted by Crippen LogP contribution is -1.72.